The summed E-state index contributed by atoms with van der Waals surface area (Å²) in [5.74, 6) is 0. The number of rotatable bonds is 2. The molecule has 0 atom stereocenters. The van der Waals surface area contributed by atoms with E-state index in [1.807, 2.05) is 0 Å². The maximum atomic E-state index is 12.6. The fraction of sp³-hybridized carbons (Fsp3) is 0.400. The molecule has 0 aliphatic carbocycles. The molecule has 0 unspecified atom stereocenters. The van der Waals surface area contributed by atoms with E-state index in [2.05, 4.69) is 4.98 Å². The molecule has 2 nitrogen and oxygen atoms in total. The van der Waals surface area contributed by atoms with Gasteiger partial charge in [-0.1, -0.05) is 0 Å². The topological polar surface area (TPSA) is 36.7 Å². The predicted molar refractivity (Wildman–Crippen MR) is 48.3 cm³/mol. The van der Waals surface area contributed by atoms with E-state index >= 15 is 0 Å². The van der Waals surface area contributed by atoms with Crippen molar-refractivity contribution in [3.63, 3.8) is 0 Å². The summed E-state index contributed by atoms with van der Waals surface area (Å²) in [6.45, 7) is 1.04. The van der Waals surface area contributed by atoms with Crippen molar-refractivity contribution in [2.75, 3.05) is 0 Å². The lowest BCUT2D eigenvalue weighted by atomic mass is 10.0. The molecule has 0 bridgehead atoms. The first-order valence-electron chi connectivity index (χ1n) is 4.49. The lowest BCUT2D eigenvalue weighted by Crippen LogP contribution is -2.14. The third-order valence-electron chi connectivity index (χ3n) is 2.22. The molecule has 0 N–H and O–H groups in total. The van der Waals surface area contributed by atoms with Gasteiger partial charge in [-0.2, -0.15) is 18.4 Å². The highest BCUT2D eigenvalue weighted by Gasteiger charge is 2.38. The summed E-state index contributed by atoms with van der Waals surface area (Å²) in [5.41, 5.74) is -3.11. The predicted octanol–water partition coefficient (Wildman–Crippen LogP) is 3.41. The van der Waals surface area contributed by atoms with E-state index in [1.54, 1.807) is 6.07 Å². The Kier molecular flexibility index (Phi) is 3.66. The Morgan fingerprint density at radius 1 is 1.41 bits per heavy atom. The van der Waals surface area contributed by atoms with Gasteiger partial charge in [-0.05, 0) is 12.5 Å². The molecule has 0 saturated heterocycles. The fourth-order valence-corrected chi connectivity index (χ4v) is 1.46. The Morgan fingerprint density at radius 2 is 2.00 bits per heavy atom. The van der Waals surface area contributed by atoms with Crippen molar-refractivity contribution in [2.24, 2.45) is 0 Å². The number of alkyl halides is 5. The van der Waals surface area contributed by atoms with Crippen LogP contribution in [0, 0.1) is 18.3 Å². The summed E-state index contributed by atoms with van der Waals surface area (Å²) in [6, 6.07) is 1.63. The van der Waals surface area contributed by atoms with Crippen molar-refractivity contribution in [1.82, 2.24) is 4.98 Å². The Morgan fingerprint density at radius 3 is 2.41 bits per heavy atom. The summed E-state index contributed by atoms with van der Waals surface area (Å²) in [7, 11) is 0. The minimum Gasteiger partial charge on any atom is -0.259 e. The number of nitriles is 1. The van der Waals surface area contributed by atoms with Crippen molar-refractivity contribution >= 4 is 0 Å². The van der Waals surface area contributed by atoms with Crippen LogP contribution in [0.5, 0.6) is 0 Å². The fourth-order valence-electron chi connectivity index (χ4n) is 1.46. The number of pyridine rings is 1. The number of hydrogen-bond acceptors (Lipinski definition) is 2. The molecule has 0 aromatic carbocycles. The summed E-state index contributed by atoms with van der Waals surface area (Å²) in [5, 5.41) is 8.40. The first-order valence-corrected chi connectivity index (χ1v) is 4.49. The minimum atomic E-state index is -4.89. The molecule has 0 amide bonds. The minimum absolute atomic E-state index is 0.135. The monoisotopic (exact) mass is 250 g/mol. The van der Waals surface area contributed by atoms with Crippen LogP contribution in [0.1, 0.15) is 28.8 Å². The Labute approximate surface area is 93.7 Å². The molecule has 0 aliphatic rings. The Hall–Kier alpha value is -1.71. The molecule has 17 heavy (non-hydrogen) atoms. The van der Waals surface area contributed by atoms with Gasteiger partial charge in [-0.3, -0.25) is 4.98 Å². The van der Waals surface area contributed by atoms with Crippen LogP contribution >= 0.6 is 0 Å². The first-order chi connectivity index (χ1) is 7.79. The molecule has 0 spiro atoms. The van der Waals surface area contributed by atoms with Crippen LogP contribution in [0.3, 0.4) is 0 Å². The summed E-state index contributed by atoms with van der Waals surface area (Å²) < 4.78 is 62.8. The van der Waals surface area contributed by atoms with Gasteiger partial charge in [0.15, 0.2) is 0 Å². The van der Waals surface area contributed by atoms with Crippen LogP contribution in [0.4, 0.5) is 22.0 Å². The van der Waals surface area contributed by atoms with Crippen molar-refractivity contribution in [2.45, 2.75) is 25.9 Å². The quantitative estimate of drug-likeness (QED) is 0.754. The molecular weight excluding hydrogens is 243 g/mol. The largest absolute Gasteiger partial charge is 0.417 e. The zero-order valence-corrected chi connectivity index (χ0v) is 8.65. The van der Waals surface area contributed by atoms with Crippen LogP contribution in [-0.2, 0) is 12.6 Å². The SMILES string of the molecule is Cc1c(CC#N)ncc(C(F)F)c1C(F)(F)F. The normalized spacial score (nSPS) is 11.6. The molecule has 1 aromatic heterocycles. The van der Waals surface area contributed by atoms with E-state index < -0.39 is 29.3 Å². The van der Waals surface area contributed by atoms with E-state index in [0.717, 1.165) is 6.92 Å². The maximum absolute atomic E-state index is 12.6. The number of aromatic nitrogens is 1. The zero-order valence-electron chi connectivity index (χ0n) is 8.65. The average Bonchev–Trinajstić information content (AvgIpc) is 2.18. The number of nitrogens with zero attached hydrogens (tertiary/aromatic N) is 2. The molecule has 7 heteroatoms. The van der Waals surface area contributed by atoms with E-state index in [4.69, 9.17) is 5.26 Å². The molecule has 0 saturated carbocycles. The van der Waals surface area contributed by atoms with Gasteiger partial charge in [0.1, 0.15) is 0 Å². The van der Waals surface area contributed by atoms with Gasteiger partial charge in [0.2, 0.25) is 0 Å². The van der Waals surface area contributed by atoms with Gasteiger partial charge >= 0.3 is 6.18 Å². The summed E-state index contributed by atoms with van der Waals surface area (Å²) in [4.78, 5) is 3.46. The van der Waals surface area contributed by atoms with Gasteiger partial charge < -0.3 is 0 Å². The lowest BCUT2D eigenvalue weighted by molar-refractivity contribution is -0.140. The van der Waals surface area contributed by atoms with Crippen molar-refractivity contribution < 1.29 is 22.0 Å². The molecule has 1 heterocycles. The summed E-state index contributed by atoms with van der Waals surface area (Å²) >= 11 is 0. The van der Waals surface area contributed by atoms with Crippen LogP contribution in [-0.4, -0.2) is 4.98 Å². The van der Waals surface area contributed by atoms with Gasteiger partial charge in [0.25, 0.3) is 6.43 Å². The van der Waals surface area contributed by atoms with Crippen molar-refractivity contribution in [1.29, 1.82) is 5.26 Å². The molecule has 92 valence electrons. The second-order valence-corrected chi connectivity index (χ2v) is 3.29. The Balaban J connectivity index is 3.49. The number of hydrogen-bond donors (Lipinski definition) is 0. The first kappa shape index (κ1) is 13.4. The van der Waals surface area contributed by atoms with Gasteiger partial charge in [-0.25, -0.2) is 8.78 Å². The highest BCUT2D eigenvalue weighted by atomic mass is 19.4. The Bertz CT molecular complexity index is 459. The third-order valence-corrected chi connectivity index (χ3v) is 2.22. The molecular formula is C10H7F5N2. The van der Waals surface area contributed by atoms with Crippen molar-refractivity contribution in [3.05, 3.63) is 28.6 Å². The smallest absolute Gasteiger partial charge is 0.259 e. The highest BCUT2D eigenvalue weighted by Crippen LogP contribution is 2.38. The van der Waals surface area contributed by atoms with E-state index in [-0.39, 0.29) is 12.1 Å². The van der Waals surface area contributed by atoms with Gasteiger partial charge in [0.05, 0.1) is 23.7 Å². The van der Waals surface area contributed by atoms with Crippen molar-refractivity contribution in [3.8, 4) is 6.07 Å². The molecule has 1 rings (SSSR count). The number of halogens is 5. The lowest BCUT2D eigenvalue weighted by Gasteiger charge is -2.16. The zero-order chi connectivity index (χ0) is 13.2. The van der Waals surface area contributed by atoms with Crippen LogP contribution in [0.25, 0.3) is 0 Å². The molecule has 0 fully saturated rings. The standard InChI is InChI=1S/C10H7F5N2/c1-5-7(2-3-16)17-4-6(9(11)12)8(5)10(13,14)15/h4,9H,2H2,1H3. The summed E-state index contributed by atoms with van der Waals surface area (Å²) in [6.07, 6.45) is -8.01. The van der Waals surface area contributed by atoms with Gasteiger partial charge in [0, 0.05) is 11.8 Å². The van der Waals surface area contributed by atoms with E-state index in [0.29, 0.717) is 6.20 Å². The van der Waals surface area contributed by atoms with Gasteiger partial charge in [-0.15, -0.1) is 0 Å². The van der Waals surface area contributed by atoms with Crippen LogP contribution < -0.4 is 0 Å². The van der Waals surface area contributed by atoms with E-state index in [1.165, 1.54) is 0 Å². The molecule has 0 radical (unpaired) electrons. The average molecular weight is 250 g/mol. The second kappa shape index (κ2) is 4.65. The molecule has 0 aliphatic heterocycles. The maximum Gasteiger partial charge on any atom is 0.417 e. The third kappa shape index (κ3) is 2.70. The second-order valence-electron chi connectivity index (χ2n) is 3.29. The van der Waals surface area contributed by atoms with E-state index in [9.17, 15) is 22.0 Å². The van der Waals surface area contributed by atoms with Crippen LogP contribution in [0.2, 0.25) is 0 Å². The van der Waals surface area contributed by atoms with Crippen LogP contribution in [0.15, 0.2) is 6.20 Å². The molecule has 1 aromatic rings. The highest BCUT2D eigenvalue weighted by molar-refractivity contribution is 5.39.